The van der Waals surface area contributed by atoms with Gasteiger partial charge >= 0.3 is 34.1 Å². The van der Waals surface area contributed by atoms with Gasteiger partial charge in [0.05, 0.1) is 5.97 Å². The minimum absolute atomic E-state index is 0. The van der Waals surface area contributed by atoms with E-state index in [-0.39, 0.29) is 34.1 Å². The molecular formula is C9H3Fe2N6O2-2. The second kappa shape index (κ2) is 2160. The molecule has 0 saturated carbocycles. The van der Waals surface area contributed by atoms with E-state index in [1.165, 1.54) is 0 Å². The van der Waals surface area contributed by atoms with Gasteiger partial charge in [0, 0.05) is 0 Å². The molecule has 0 aliphatic heterocycles. The Kier molecular flexibility index (Phi) is 8230. The third kappa shape index (κ3) is 4020. The molecule has 0 rings (SSSR count). The zero-order chi connectivity index (χ0) is 16.3. The summed E-state index contributed by atoms with van der Waals surface area (Å²) in [6.45, 7) is 31.4. The molecule has 0 N–H and O–H groups in total. The van der Waals surface area contributed by atoms with Gasteiger partial charge in [-0.05, 0) is 6.08 Å². The third-order valence-electron chi connectivity index (χ3n) is 0.167. The summed E-state index contributed by atoms with van der Waals surface area (Å²) < 4.78 is 0. The minimum atomic E-state index is -1.23. The SMILES string of the molecule is C=CC(=O)[O-].[C-]#N.[C-]#N.[C-]#N.[C-]#N.[C-]#N.[C-]#N.[Fe+2].[Fe+3]. The summed E-state index contributed by atoms with van der Waals surface area (Å²) in [4.78, 5) is 9.14. The molecule has 0 aromatic heterocycles. The zero-order valence-corrected chi connectivity index (χ0v) is 11.2. The molecular weight excluding hydrogens is 336 g/mol. The van der Waals surface area contributed by atoms with Crippen molar-refractivity contribution < 1.29 is 44.0 Å². The maximum Gasteiger partial charge on any atom is 3.00 e. The molecule has 8 nitrogen and oxygen atoms in total. The Morgan fingerprint density at radius 1 is 0.789 bits per heavy atom. The predicted octanol–water partition coefficient (Wildman–Crippen LogP) is -0.504. The summed E-state index contributed by atoms with van der Waals surface area (Å²) in [6.07, 6.45) is 0.722. The van der Waals surface area contributed by atoms with Gasteiger partial charge in [-0.2, -0.15) is 0 Å². The maximum atomic E-state index is 9.14. The molecule has 19 heavy (non-hydrogen) atoms. The third-order valence-corrected chi connectivity index (χ3v) is 0.167. The number of hydrogen-bond donors (Lipinski definition) is 0. The first-order valence-electron chi connectivity index (χ1n) is 2.45. The largest absolute Gasteiger partial charge is 3.00 e. The zero-order valence-electron chi connectivity index (χ0n) is 8.99. The van der Waals surface area contributed by atoms with Crippen molar-refractivity contribution in [1.29, 1.82) is 31.6 Å². The van der Waals surface area contributed by atoms with Crippen LogP contribution in [-0.4, -0.2) is 5.97 Å². The predicted molar refractivity (Wildman–Crippen MR) is 45.0 cm³/mol. The topological polar surface area (TPSA) is 183 Å². The van der Waals surface area contributed by atoms with Crippen LogP contribution in [0.4, 0.5) is 0 Å². The fourth-order valence-corrected chi connectivity index (χ4v) is 0. The Morgan fingerprint density at radius 2 is 0.842 bits per heavy atom. The molecule has 0 atom stereocenters. The smallest absolute Gasteiger partial charge is 0.545 e. The molecule has 10 heteroatoms. The van der Waals surface area contributed by atoms with Crippen LogP contribution in [0.3, 0.4) is 0 Å². The van der Waals surface area contributed by atoms with Gasteiger partial charge in [-0.1, -0.05) is 6.58 Å². The summed E-state index contributed by atoms with van der Waals surface area (Å²) in [5, 5.41) is 46.6. The maximum absolute atomic E-state index is 9.14. The van der Waals surface area contributed by atoms with Gasteiger partial charge in [-0.25, -0.2) is 0 Å². The Morgan fingerprint density at radius 3 is 0.842 bits per heavy atom. The Hall–Kier alpha value is -2.81. The molecule has 0 aromatic rings. The van der Waals surface area contributed by atoms with Crippen molar-refractivity contribution in [1.82, 2.24) is 0 Å². The molecule has 99 valence electrons. The van der Waals surface area contributed by atoms with Crippen LogP contribution < -0.4 is 5.11 Å². The van der Waals surface area contributed by atoms with Crippen molar-refractivity contribution in [3.8, 4) is 0 Å². The van der Waals surface area contributed by atoms with Gasteiger partial charge in [0.15, 0.2) is 0 Å². The van der Waals surface area contributed by atoms with Gasteiger partial charge in [-0.3, -0.25) is 0 Å². The molecule has 0 fully saturated rings. The summed E-state index contributed by atoms with van der Waals surface area (Å²) in [5.41, 5.74) is 0. The second-order valence-corrected chi connectivity index (χ2v) is 0.523. The van der Waals surface area contributed by atoms with Crippen molar-refractivity contribution in [2.75, 3.05) is 0 Å². The molecule has 0 spiro atoms. The average Bonchev–Trinajstić information content (AvgIpc) is 2.51. The number of carboxylic acid groups (broad SMARTS) is 1. The first kappa shape index (κ1) is 72.3. The van der Waals surface area contributed by atoms with E-state index in [1.807, 2.05) is 0 Å². The first-order chi connectivity index (χ1) is 8.27. The second-order valence-electron chi connectivity index (χ2n) is 0.523. The van der Waals surface area contributed by atoms with Crippen LogP contribution in [0.2, 0.25) is 0 Å². The van der Waals surface area contributed by atoms with Crippen molar-refractivity contribution in [2.24, 2.45) is 0 Å². The molecule has 0 heterocycles. The van der Waals surface area contributed by atoms with Gasteiger partial charge < -0.3 is 80.9 Å². The van der Waals surface area contributed by atoms with Gasteiger partial charge in [0.2, 0.25) is 0 Å². The minimum Gasteiger partial charge on any atom is -0.545 e. The van der Waals surface area contributed by atoms with E-state index < -0.39 is 5.97 Å². The molecule has 0 amide bonds. The van der Waals surface area contributed by atoms with Crippen molar-refractivity contribution in [3.05, 3.63) is 52.1 Å². The number of rotatable bonds is 1. The summed E-state index contributed by atoms with van der Waals surface area (Å²) in [6, 6.07) is 0. The molecule has 0 aliphatic rings. The number of carbonyl (C=O) groups excluding carboxylic acids is 1. The number of carbonyl (C=O) groups is 1. The molecule has 0 aromatic carbocycles. The van der Waals surface area contributed by atoms with Gasteiger partial charge in [0.1, 0.15) is 0 Å². The van der Waals surface area contributed by atoms with Gasteiger partial charge in [-0.15, -0.1) is 0 Å². The number of carboxylic acids is 1. The summed E-state index contributed by atoms with van der Waals surface area (Å²) in [5.74, 6) is -1.23. The van der Waals surface area contributed by atoms with E-state index in [2.05, 4.69) is 6.58 Å². The quantitative estimate of drug-likeness (QED) is 0.347. The van der Waals surface area contributed by atoms with Crippen molar-refractivity contribution >= 4 is 5.97 Å². The van der Waals surface area contributed by atoms with Crippen LogP contribution >= 0.6 is 0 Å². The van der Waals surface area contributed by atoms with E-state index >= 15 is 0 Å². The van der Waals surface area contributed by atoms with Crippen LogP contribution in [-0.2, 0) is 38.9 Å². The fraction of sp³-hybridized carbons (Fsp3) is 0. The fourth-order valence-electron chi connectivity index (χ4n) is 0. The normalized spacial score (nSPS) is 2.32. The standard InChI is InChI=1S/C3H4O2.6CN.2Fe/c1-2-3(4)5;6*1-2;;/h2H,1H2,(H,4,5);;;;;;;;/q;6*-1;+2;+3/p-1. The molecule has 0 unspecified atom stereocenters. The van der Waals surface area contributed by atoms with Crippen LogP contribution in [0.25, 0.3) is 0 Å². The molecule has 0 saturated heterocycles. The molecule has 0 bridgehead atoms. The van der Waals surface area contributed by atoms with Gasteiger partial charge in [0.25, 0.3) is 0 Å². The summed E-state index contributed by atoms with van der Waals surface area (Å²) in [7, 11) is 0. The average molecular weight is 339 g/mol. The monoisotopic (exact) mass is 339 g/mol. The van der Waals surface area contributed by atoms with Crippen LogP contribution in [0, 0.1) is 71.0 Å². The first-order valence-corrected chi connectivity index (χ1v) is 2.45. The van der Waals surface area contributed by atoms with E-state index in [4.69, 9.17) is 80.9 Å². The van der Waals surface area contributed by atoms with Crippen molar-refractivity contribution in [2.45, 2.75) is 0 Å². The van der Waals surface area contributed by atoms with Crippen molar-refractivity contribution in [3.63, 3.8) is 0 Å². The Balaban J connectivity index is -0.00000000912. The number of aliphatic carboxylic acids is 1. The van der Waals surface area contributed by atoms with E-state index in [0.717, 1.165) is 6.08 Å². The Labute approximate surface area is 134 Å². The Bertz CT molecular complexity index is 208. The van der Waals surface area contributed by atoms with E-state index in [0.29, 0.717) is 0 Å². The molecule has 1 radical (unpaired) electrons. The van der Waals surface area contributed by atoms with Crippen LogP contribution in [0.15, 0.2) is 12.7 Å². The van der Waals surface area contributed by atoms with Crippen LogP contribution in [0.5, 0.6) is 0 Å². The summed E-state index contributed by atoms with van der Waals surface area (Å²) >= 11 is 0. The van der Waals surface area contributed by atoms with E-state index in [9.17, 15) is 0 Å². The van der Waals surface area contributed by atoms with Crippen LogP contribution in [0.1, 0.15) is 0 Å². The van der Waals surface area contributed by atoms with E-state index in [1.54, 1.807) is 0 Å². The number of hydrogen-bond acceptors (Lipinski definition) is 8. The number of nitrogens with zero attached hydrogens (tertiary/aromatic N) is 6. The molecule has 0 aliphatic carbocycles.